The Morgan fingerprint density at radius 2 is 1.96 bits per heavy atom. The lowest BCUT2D eigenvalue weighted by Crippen LogP contribution is -2.22. The Balaban J connectivity index is 2.23. The number of carbonyl (C=O) groups excluding carboxylic acids is 1. The van der Waals surface area contributed by atoms with Crippen LogP contribution in [0.4, 0.5) is 0 Å². The van der Waals surface area contributed by atoms with Gasteiger partial charge in [-0.2, -0.15) is 0 Å². The molecule has 1 aliphatic rings. The number of ketones is 1. The van der Waals surface area contributed by atoms with Crippen molar-refractivity contribution in [2.45, 2.75) is 27.3 Å². The third-order valence-corrected chi connectivity index (χ3v) is 4.24. The largest absolute Gasteiger partial charge is 0.477 e. The number of rotatable bonds is 5. The molecule has 0 bridgehead atoms. The van der Waals surface area contributed by atoms with Gasteiger partial charge in [-0.15, -0.1) is 0 Å². The van der Waals surface area contributed by atoms with Crippen LogP contribution in [-0.2, 0) is 16.1 Å². The molecule has 1 heterocycles. The first kappa shape index (κ1) is 20.1. The molecule has 2 rings (SSSR count). The van der Waals surface area contributed by atoms with E-state index >= 15 is 0 Å². The number of hydrogen-bond donors (Lipinski definition) is 1. The van der Waals surface area contributed by atoms with E-state index in [4.69, 9.17) is 33.0 Å². The Morgan fingerprint density at radius 3 is 2.50 bits per heavy atom. The molecule has 0 unspecified atom stereocenters. The smallest absolute Gasteiger partial charge is 0.349 e. The third-order valence-electron chi connectivity index (χ3n) is 3.67. The highest BCUT2D eigenvalue weighted by Crippen LogP contribution is 2.35. The highest BCUT2D eigenvalue weighted by Gasteiger charge is 2.21. The summed E-state index contributed by atoms with van der Waals surface area (Å²) in [6, 6.07) is 3.20. The van der Waals surface area contributed by atoms with E-state index < -0.39 is 5.97 Å². The Bertz CT molecular complexity index is 819. The summed E-state index contributed by atoms with van der Waals surface area (Å²) >= 11 is 12.5. The van der Waals surface area contributed by atoms with E-state index in [1.54, 1.807) is 18.2 Å². The van der Waals surface area contributed by atoms with Gasteiger partial charge in [0.25, 0.3) is 0 Å². The van der Waals surface area contributed by atoms with Gasteiger partial charge in [0.05, 0.1) is 16.6 Å². The van der Waals surface area contributed by atoms with E-state index in [2.05, 4.69) is 9.98 Å². The van der Waals surface area contributed by atoms with Crippen LogP contribution in [0.25, 0.3) is 0 Å². The summed E-state index contributed by atoms with van der Waals surface area (Å²) in [5.41, 5.74) is 1.27. The quantitative estimate of drug-likeness (QED) is 0.762. The van der Waals surface area contributed by atoms with E-state index in [1.807, 2.05) is 13.8 Å². The van der Waals surface area contributed by atoms with E-state index in [0.29, 0.717) is 11.1 Å². The zero-order valence-electron chi connectivity index (χ0n) is 14.5. The number of aliphatic imine (C=N–C) groups is 2. The number of carboxylic acid groups (broad SMARTS) is 1. The predicted octanol–water partition coefficient (Wildman–Crippen LogP) is 3.98. The van der Waals surface area contributed by atoms with E-state index in [9.17, 15) is 9.59 Å². The zero-order valence-corrected chi connectivity index (χ0v) is 16.1. The van der Waals surface area contributed by atoms with E-state index in [-0.39, 0.29) is 52.2 Å². The number of carbonyl (C=O) groups is 2. The molecule has 0 aromatic heterocycles. The van der Waals surface area contributed by atoms with Gasteiger partial charge < -0.3 is 9.84 Å². The fourth-order valence-electron chi connectivity index (χ4n) is 2.23. The van der Waals surface area contributed by atoms with Gasteiger partial charge in [-0.25, -0.2) is 9.79 Å². The van der Waals surface area contributed by atoms with Gasteiger partial charge in [0.15, 0.2) is 11.5 Å². The Hall–Kier alpha value is -2.18. The van der Waals surface area contributed by atoms with Crippen molar-refractivity contribution in [2.24, 2.45) is 15.9 Å². The maximum atomic E-state index is 11.8. The molecular weight excluding hydrogens is 379 g/mol. The van der Waals surface area contributed by atoms with E-state index in [1.165, 1.54) is 6.92 Å². The number of halogens is 2. The van der Waals surface area contributed by atoms with Crippen molar-refractivity contribution in [3.63, 3.8) is 0 Å². The highest BCUT2D eigenvalue weighted by atomic mass is 35.5. The van der Waals surface area contributed by atoms with Crippen molar-refractivity contribution >= 4 is 46.6 Å². The van der Waals surface area contributed by atoms with Crippen molar-refractivity contribution in [1.29, 1.82) is 0 Å². The number of Topliss-reactive ketones (excluding diaryl/α,β-unsaturated/α-hetero) is 1. The minimum Gasteiger partial charge on any atom is -0.477 e. The second-order valence-electron chi connectivity index (χ2n) is 6.03. The Morgan fingerprint density at radius 1 is 1.35 bits per heavy atom. The van der Waals surface area contributed by atoms with Gasteiger partial charge in [0.1, 0.15) is 12.3 Å². The summed E-state index contributed by atoms with van der Waals surface area (Å²) in [4.78, 5) is 30.7. The summed E-state index contributed by atoms with van der Waals surface area (Å²) in [6.45, 7) is 5.40. The standard InChI is InChI=1S/C18H18Cl2N2O4/c1-9(2)12-6-16(22-8-15(12)23)26-17-13(19)4-11(5-14(17)20)7-21-10(3)18(24)25/h4-6,9H,7-8H2,1-3H3,(H,24,25). The second kappa shape index (κ2) is 8.47. The lowest BCUT2D eigenvalue weighted by atomic mass is 9.97. The molecule has 0 saturated heterocycles. The molecule has 1 aliphatic heterocycles. The average Bonchev–Trinajstić information content (AvgIpc) is 2.56. The summed E-state index contributed by atoms with van der Waals surface area (Å²) in [5.74, 6) is -0.570. The van der Waals surface area contributed by atoms with Crippen molar-refractivity contribution in [1.82, 2.24) is 0 Å². The molecule has 0 spiro atoms. The zero-order chi connectivity index (χ0) is 19.4. The second-order valence-corrected chi connectivity index (χ2v) is 6.84. The van der Waals surface area contributed by atoms with Gasteiger partial charge in [0.2, 0.25) is 5.90 Å². The average molecular weight is 397 g/mol. The molecule has 26 heavy (non-hydrogen) atoms. The number of dihydropyridines is 1. The number of carboxylic acids is 1. The first-order valence-electron chi connectivity index (χ1n) is 7.88. The van der Waals surface area contributed by atoms with Crippen LogP contribution in [0.1, 0.15) is 26.3 Å². The first-order valence-corrected chi connectivity index (χ1v) is 8.64. The maximum Gasteiger partial charge on any atom is 0.349 e. The van der Waals surface area contributed by atoms with Gasteiger partial charge in [-0.05, 0) is 30.5 Å². The van der Waals surface area contributed by atoms with Gasteiger partial charge in [-0.1, -0.05) is 37.0 Å². The van der Waals surface area contributed by atoms with Crippen LogP contribution in [0.15, 0.2) is 33.8 Å². The van der Waals surface area contributed by atoms with Crippen LogP contribution in [0.3, 0.4) is 0 Å². The molecule has 0 amide bonds. The molecule has 0 radical (unpaired) electrons. The number of benzene rings is 1. The summed E-state index contributed by atoms with van der Waals surface area (Å²) < 4.78 is 5.69. The molecular formula is C18H18Cl2N2O4. The summed E-state index contributed by atoms with van der Waals surface area (Å²) in [7, 11) is 0. The molecule has 0 atom stereocenters. The molecule has 138 valence electrons. The molecule has 1 aromatic rings. The fourth-order valence-corrected chi connectivity index (χ4v) is 2.84. The number of aliphatic carboxylic acids is 1. The van der Waals surface area contributed by atoms with Gasteiger partial charge >= 0.3 is 5.97 Å². The molecule has 1 N–H and O–H groups in total. The fraction of sp³-hybridized carbons (Fsp3) is 0.333. The minimum absolute atomic E-state index is 0.00912. The number of nitrogens with zero attached hydrogens (tertiary/aromatic N) is 2. The molecule has 1 aromatic carbocycles. The summed E-state index contributed by atoms with van der Waals surface area (Å²) in [5, 5.41) is 9.32. The molecule has 0 aliphatic carbocycles. The van der Waals surface area contributed by atoms with Crippen LogP contribution in [0.2, 0.25) is 10.0 Å². The number of hydrogen-bond acceptors (Lipinski definition) is 5. The SMILES string of the molecule is CC(=NCc1cc(Cl)c(OC2=NCC(=O)C(C(C)C)=C2)c(Cl)c1)C(=O)O. The van der Waals surface area contributed by atoms with Crippen LogP contribution in [0, 0.1) is 5.92 Å². The lowest BCUT2D eigenvalue weighted by Gasteiger charge is -2.17. The maximum absolute atomic E-state index is 11.8. The van der Waals surface area contributed by atoms with Gasteiger partial charge in [-0.3, -0.25) is 9.79 Å². The third kappa shape index (κ3) is 4.93. The lowest BCUT2D eigenvalue weighted by molar-refractivity contribution is -0.129. The van der Waals surface area contributed by atoms with Crippen LogP contribution < -0.4 is 4.74 Å². The van der Waals surface area contributed by atoms with Crippen LogP contribution in [0.5, 0.6) is 5.75 Å². The predicted molar refractivity (Wildman–Crippen MR) is 102 cm³/mol. The van der Waals surface area contributed by atoms with Crippen LogP contribution >= 0.6 is 23.2 Å². The minimum atomic E-state index is -1.08. The highest BCUT2D eigenvalue weighted by molar-refractivity contribution is 6.37. The van der Waals surface area contributed by atoms with Crippen molar-refractivity contribution in [3.05, 3.63) is 39.4 Å². The van der Waals surface area contributed by atoms with Crippen molar-refractivity contribution in [3.8, 4) is 5.75 Å². The monoisotopic (exact) mass is 396 g/mol. The summed E-state index contributed by atoms with van der Waals surface area (Å²) in [6.07, 6.45) is 1.59. The number of ether oxygens (including phenoxy) is 1. The molecule has 8 heteroatoms. The first-order chi connectivity index (χ1) is 12.2. The Kier molecular flexibility index (Phi) is 6.56. The molecule has 0 fully saturated rings. The Labute approximate surface area is 161 Å². The van der Waals surface area contributed by atoms with Crippen LogP contribution in [-0.4, -0.2) is 35.0 Å². The van der Waals surface area contributed by atoms with Crippen molar-refractivity contribution < 1.29 is 19.4 Å². The normalized spacial score (nSPS) is 15.0. The molecule has 6 nitrogen and oxygen atoms in total. The van der Waals surface area contributed by atoms with Crippen molar-refractivity contribution in [2.75, 3.05) is 6.54 Å². The van der Waals surface area contributed by atoms with Gasteiger partial charge in [0, 0.05) is 11.6 Å². The topological polar surface area (TPSA) is 88.3 Å². The molecule has 0 saturated carbocycles. The van der Waals surface area contributed by atoms with E-state index in [0.717, 1.165) is 0 Å².